The summed E-state index contributed by atoms with van der Waals surface area (Å²) >= 11 is 1.68. The summed E-state index contributed by atoms with van der Waals surface area (Å²) in [6.07, 6.45) is 3.34. The van der Waals surface area contributed by atoms with E-state index in [0.29, 0.717) is 0 Å². The normalized spacial score (nSPS) is 16.1. The molecular formula is C25H29N5O2S. The van der Waals surface area contributed by atoms with Crippen LogP contribution in [-0.4, -0.2) is 53.9 Å². The Morgan fingerprint density at radius 3 is 2.45 bits per heavy atom. The number of anilines is 1. The van der Waals surface area contributed by atoms with Crippen LogP contribution in [0.5, 0.6) is 0 Å². The summed E-state index contributed by atoms with van der Waals surface area (Å²) < 4.78 is 0. The van der Waals surface area contributed by atoms with Crippen LogP contribution >= 0.6 is 11.3 Å². The van der Waals surface area contributed by atoms with Gasteiger partial charge in [-0.2, -0.15) is 0 Å². The van der Waals surface area contributed by atoms with E-state index in [4.69, 9.17) is 0 Å². The monoisotopic (exact) mass is 463 g/mol. The molecule has 1 aromatic carbocycles. The van der Waals surface area contributed by atoms with Gasteiger partial charge in [0.25, 0.3) is 0 Å². The fourth-order valence-corrected chi connectivity index (χ4v) is 5.18. The molecule has 1 saturated heterocycles. The molecule has 1 aliphatic heterocycles. The van der Waals surface area contributed by atoms with E-state index in [-0.39, 0.29) is 18.6 Å². The van der Waals surface area contributed by atoms with Crippen LogP contribution in [0.1, 0.15) is 23.4 Å². The third-order valence-electron chi connectivity index (χ3n) is 5.88. The molecule has 4 rings (SSSR count). The lowest BCUT2D eigenvalue weighted by Crippen LogP contribution is -2.53. The number of piperazine rings is 1. The second kappa shape index (κ2) is 11.1. The van der Waals surface area contributed by atoms with Gasteiger partial charge in [0.15, 0.2) is 0 Å². The van der Waals surface area contributed by atoms with Crippen molar-refractivity contribution >= 4 is 28.8 Å². The van der Waals surface area contributed by atoms with Crippen LogP contribution in [0, 0.1) is 0 Å². The Morgan fingerprint density at radius 1 is 1.00 bits per heavy atom. The van der Waals surface area contributed by atoms with Crippen molar-refractivity contribution in [1.29, 1.82) is 0 Å². The van der Waals surface area contributed by atoms with Gasteiger partial charge in [0.05, 0.1) is 6.04 Å². The van der Waals surface area contributed by atoms with Crippen LogP contribution in [0.2, 0.25) is 0 Å². The van der Waals surface area contributed by atoms with Crippen molar-refractivity contribution in [1.82, 2.24) is 20.5 Å². The van der Waals surface area contributed by atoms with Gasteiger partial charge in [-0.25, -0.2) is 0 Å². The highest BCUT2D eigenvalue weighted by Crippen LogP contribution is 2.30. The lowest BCUT2D eigenvalue weighted by molar-refractivity contribution is -0.140. The molecule has 8 heteroatoms. The Labute approximate surface area is 198 Å². The van der Waals surface area contributed by atoms with Crippen molar-refractivity contribution in [2.75, 3.05) is 31.1 Å². The van der Waals surface area contributed by atoms with Gasteiger partial charge in [-0.3, -0.25) is 19.5 Å². The Bertz CT molecular complexity index is 1020. The maximum absolute atomic E-state index is 12.6. The molecule has 0 radical (unpaired) electrons. The Morgan fingerprint density at radius 2 is 1.79 bits per heavy atom. The van der Waals surface area contributed by atoms with Crippen LogP contribution < -0.4 is 15.5 Å². The van der Waals surface area contributed by atoms with Gasteiger partial charge in [0.1, 0.15) is 0 Å². The average Bonchev–Trinajstić information content (AvgIpc) is 3.38. The van der Waals surface area contributed by atoms with Gasteiger partial charge in [-0.05, 0) is 42.1 Å². The van der Waals surface area contributed by atoms with E-state index in [9.17, 15) is 9.59 Å². The molecule has 2 atom stereocenters. The zero-order valence-electron chi connectivity index (χ0n) is 18.7. The fourth-order valence-electron chi connectivity index (χ4n) is 4.22. The van der Waals surface area contributed by atoms with Gasteiger partial charge in [0, 0.05) is 61.7 Å². The fraction of sp³-hybridized carbons (Fsp3) is 0.320. The number of hydrogen-bond acceptors (Lipinski definition) is 6. The van der Waals surface area contributed by atoms with E-state index >= 15 is 0 Å². The SMILES string of the molecule is C[C@@H](NC(=O)C(=O)NCc1cccnc1)[C@H](c1cccs1)N1CCN(c2ccccc2)CC1. The van der Waals surface area contributed by atoms with Crippen LogP contribution in [0.25, 0.3) is 0 Å². The molecule has 0 unspecified atom stereocenters. The van der Waals surface area contributed by atoms with Crippen molar-refractivity contribution in [2.45, 2.75) is 25.6 Å². The van der Waals surface area contributed by atoms with Crippen molar-refractivity contribution in [3.63, 3.8) is 0 Å². The summed E-state index contributed by atoms with van der Waals surface area (Å²) in [6.45, 7) is 5.83. The molecule has 3 heterocycles. The highest BCUT2D eigenvalue weighted by Gasteiger charge is 2.31. The van der Waals surface area contributed by atoms with Crippen molar-refractivity contribution < 1.29 is 9.59 Å². The van der Waals surface area contributed by atoms with Crippen LogP contribution in [-0.2, 0) is 16.1 Å². The molecule has 7 nitrogen and oxygen atoms in total. The standard InChI is InChI=1S/C25H29N5O2S/c1-19(28-25(32)24(31)27-18-20-7-5-11-26-17-20)23(22-10-6-16-33-22)30-14-12-29(13-15-30)21-8-3-2-4-9-21/h2-11,16-17,19,23H,12-15,18H2,1H3,(H,27,31)(H,28,32)/t19-,23-/m1/s1. The molecule has 33 heavy (non-hydrogen) atoms. The summed E-state index contributed by atoms with van der Waals surface area (Å²) in [5.41, 5.74) is 2.08. The molecule has 0 bridgehead atoms. The van der Waals surface area contributed by atoms with E-state index in [1.165, 1.54) is 10.6 Å². The summed E-state index contributed by atoms with van der Waals surface area (Å²) in [7, 11) is 0. The number of hydrogen-bond donors (Lipinski definition) is 2. The van der Waals surface area contributed by atoms with Crippen LogP contribution in [0.3, 0.4) is 0 Å². The van der Waals surface area contributed by atoms with Crippen molar-refractivity contribution in [3.05, 3.63) is 82.8 Å². The van der Waals surface area contributed by atoms with Gasteiger partial charge in [0.2, 0.25) is 0 Å². The van der Waals surface area contributed by atoms with E-state index in [1.807, 2.05) is 25.1 Å². The predicted molar refractivity (Wildman–Crippen MR) is 131 cm³/mol. The molecule has 0 saturated carbocycles. The molecule has 1 fully saturated rings. The number of amides is 2. The van der Waals surface area contributed by atoms with E-state index in [2.05, 4.69) is 61.1 Å². The summed E-state index contributed by atoms with van der Waals surface area (Å²) in [4.78, 5) is 35.0. The number of carbonyl (C=O) groups is 2. The van der Waals surface area contributed by atoms with Crippen LogP contribution in [0.4, 0.5) is 5.69 Å². The molecule has 172 valence electrons. The number of nitrogens with one attached hydrogen (secondary N) is 2. The number of pyridine rings is 1. The number of carbonyl (C=O) groups excluding carboxylic acids is 2. The van der Waals surface area contributed by atoms with E-state index in [1.54, 1.807) is 29.8 Å². The lowest BCUT2D eigenvalue weighted by Gasteiger charge is -2.42. The third-order valence-corrected chi connectivity index (χ3v) is 6.82. The summed E-state index contributed by atoms with van der Waals surface area (Å²) in [6, 6.07) is 18.0. The number of rotatable bonds is 7. The Balaban J connectivity index is 1.37. The third kappa shape index (κ3) is 5.97. The van der Waals surface area contributed by atoms with E-state index in [0.717, 1.165) is 31.7 Å². The topological polar surface area (TPSA) is 77.6 Å². The molecule has 1 aliphatic rings. The smallest absolute Gasteiger partial charge is 0.309 e. The first-order valence-corrected chi connectivity index (χ1v) is 12.0. The molecule has 2 N–H and O–H groups in total. The molecular weight excluding hydrogens is 434 g/mol. The van der Waals surface area contributed by atoms with Gasteiger partial charge in [-0.15, -0.1) is 11.3 Å². The minimum Gasteiger partial charge on any atom is -0.369 e. The molecule has 2 amide bonds. The number of benzene rings is 1. The molecule has 0 spiro atoms. The summed E-state index contributed by atoms with van der Waals surface area (Å²) in [5.74, 6) is -1.25. The molecule has 3 aromatic rings. The van der Waals surface area contributed by atoms with Gasteiger partial charge < -0.3 is 15.5 Å². The first-order chi connectivity index (χ1) is 16.1. The quantitative estimate of drug-likeness (QED) is 0.527. The first-order valence-electron chi connectivity index (χ1n) is 11.2. The maximum Gasteiger partial charge on any atom is 0.309 e. The highest BCUT2D eigenvalue weighted by molar-refractivity contribution is 7.10. The zero-order chi connectivity index (χ0) is 23.0. The van der Waals surface area contributed by atoms with Crippen molar-refractivity contribution in [2.24, 2.45) is 0 Å². The minimum atomic E-state index is -0.635. The number of para-hydroxylation sites is 1. The largest absolute Gasteiger partial charge is 0.369 e. The van der Waals surface area contributed by atoms with Gasteiger partial charge in [-0.1, -0.05) is 30.3 Å². The maximum atomic E-state index is 12.6. The highest BCUT2D eigenvalue weighted by atomic mass is 32.1. The molecule has 0 aliphatic carbocycles. The van der Waals surface area contributed by atoms with Gasteiger partial charge >= 0.3 is 11.8 Å². The first kappa shape index (κ1) is 22.9. The second-order valence-corrected chi connectivity index (χ2v) is 9.10. The van der Waals surface area contributed by atoms with E-state index < -0.39 is 11.8 Å². The Hall–Kier alpha value is -3.23. The van der Waals surface area contributed by atoms with Crippen LogP contribution in [0.15, 0.2) is 72.4 Å². The number of thiophene rings is 1. The summed E-state index contributed by atoms with van der Waals surface area (Å²) in [5, 5.41) is 7.66. The average molecular weight is 464 g/mol. The number of nitrogens with zero attached hydrogens (tertiary/aromatic N) is 3. The Kier molecular flexibility index (Phi) is 7.70. The van der Waals surface area contributed by atoms with Crippen molar-refractivity contribution in [3.8, 4) is 0 Å². The second-order valence-electron chi connectivity index (χ2n) is 8.12. The predicted octanol–water partition coefficient (Wildman–Crippen LogP) is 2.83. The zero-order valence-corrected chi connectivity index (χ0v) is 19.5. The minimum absolute atomic E-state index is 0.0120. The lowest BCUT2D eigenvalue weighted by atomic mass is 10.0. The number of aromatic nitrogens is 1. The molecule has 2 aromatic heterocycles.